The third-order valence-corrected chi connectivity index (χ3v) is 1.71. The van der Waals surface area contributed by atoms with Crippen LogP contribution in [0.1, 0.15) is 5.56 Å². The lowest BCUT2D eigenvalue weighted by Gasteiger charge is -2.06. The fraction of sp³-hybridized carbons (Fsp3) is 0.125. The minimum atomic E-state index is -4.35. The summed E-state index contributed by atoms with van der Waals surface area (Å²) in [6.07, 6.45) is -1.92. The van der Waals surface area contributed by atoms with Gasteiger partial charge < -0.3 is 0 Å². The maximum Gasteiger partial charge on any atom is 0.418 e. The largest absolute Gasteiger partial charge is 0.418 e. The fourth-order valence-electron chi connectivity index (χ4n) is 1.15. The molecule has 13 heavy (non-hydrogen) atoms. The Morgan fingerprint density at radius 1 is 1.31 bits per heavy atom. The fourth-order valence-corrected chi connectivity index (χ4v) is 1.15. The van der Waals surface area contributed by atoms with Crippen LogP contribution in [0, 0.1) is 6.20 Å². The molecule has 1 N–H and O–H groups in total. The van der Waals surface area contributed by atoms with Crippen LogP contribution < -0.4 is 0 Å². The Morgan fingerprint density at radius 3 is 2.77 bits per heavy atom. The minimum absolute atomic E-state index is 0.0185. The zero-order chi connectivity index (χ0) is 9.47. The quantitative estimate of drug-likeness (QED) is 0.670. The Balaban J connectivity index is 2.75. The van der Waals surface area contributed by atoms with E-state index in [4.69, 9.17) is 0 Å². The average molecular weight is 185 g/mol. The van der Waals surface area contributed by atoms with Gasteiger partial charge in [-0.2, -0.15) is 18.3 Å². The van der Waals surface area contributed by atoms with Crippen LogP contribution in [0.5, 0.6) is 0 Å². The van der Waals surface area contributed by atoms with Gasteiger partial charge in [0.15, 0.2) is 0 Å². The second-order valence-corrected chi connectivity index (χ2v) is 2.56. The number of benzene rings is 1. The van der Waals surface area contributed by atoms with Crippen molar-refractivity contribution in [2.75, 3.05) is 0 Å². The smallest absolute Gasteiger partial charge is 0.277 e. The first-order valence-corrected chi connectivity index (χ1v) is 3.51. The first-order chi connectivity index (χ1) is 6.09. The van der Waals surface area contributed by atoms with Gasteiger partial charge in [0.05, 0.1) is 11.1 Å². The van der Waals surface area contributed by atoms with Crippen molar-refractivity contribution in [3.8, 4) is 0 Å². The Bertz CT molecular complexity index is 430. The lowest BCUT2D eigenvalue weighted by molar-refractivity contribution is -0.136. The van der Waals surface area contributed by atoms with Crippen LogP contribution in [0.15, 0.2) is 18.2 Å². The molecule has 5 heteroatoms. The summed E-state index contributed by atoms with van der Waals surface area (Å²) in [5.41, 5.74) is -0.728. The van der Waals surface area contributed by atoms with Gasteiger partial charge in [0.2, 0.25) is 0 Å². The standard InChI is InChI=1S/C8H4F3N2/c9-8(10,11)6-3-1-2-5-4-12-13-7(5)6/h1-3H,(H,12,13). The summed E-state index contributed by atoms with van der Waals surface area (Å²) >= 11 is 0. The lowest BCUT2D eigenvalue weighted by atomic mass is 10.1. The van der Waals surface area contributed by atoms with E-state index in [1.54, 1.807) is 0 Å². The van der Waals surface area contributed by atoms with Crippen LogP contribution in [0.25, 0.3) is 10.9 Å². The van der Waals surface area contributed by atoms with E-state index >= 15 is 0 Å². The Labute approximate surface area is 71.4 Å². The number of nitrogens with one attached hydrogen (secondary N) is 1. The Morgan fingerprint density at radius 2 is 2.08 bits per heavy atom. The summed E-state index contributed by atoms with van der Waals surface area (Å²) < 4.78 is 37.0. The van der Waals surface area contributed by atoms with Crippen molar-refractivity contribution >= 4 is 10.9 Å². The van der Waals surface area contributed by atoms with Crippen molar-refractivity contribution in [3.05, 3.63) is 30.0 Å². The molecule has 2 nitrogen and oxygen atoms in total. The van der Waals surface area contributed by atoms with Gasteiger partial charge in [0.25, 0.3) is 0 Å². The van der Waals surface area contributed by atoms with Crippen molar-refractivity contribution in [1.82, 2.24) is 10.2 Å². The van der Waals surface area contributed by atoms with Crippen LogP contribution in [-0.4, -0.2) is 10.2 Å². The van der Waals surface area contributed by atoms with E-state index in [-0.39, 0.29) is 5.52 Å². The highest BCUT2D eigenvalue weighted by molar-refractivity contribution is 5.81. The van der Waals surface area contributed by atoms with Crippen molar-refractivity contribution < 1.29 is 13.2 Å². The summed E-state index contributed by atoms with van der Waals surface area (Å²) in [5, 5.41) is 6.04. The molecule has 0 aliphatic heterocycles. The number of alkyl halides is 3. The first kappa shape index (κ1) is 8.10. The van der Waals surface area contributed by atoms with Crippen molar-refractivity contribution in [3.63, 3.8) is 0 Å². The number of hydrogen-bond donors (Lipinski definition) is 1. The maximum atomic E-state index is 12.3. The van der Waals surface area contributed by atoms with Crippen molar-refractivity contribution in [2.24, 2.45) is 0 Å². The molecule has 2 rings (SSSR count). The van der Waals surface area contributed by atoms with E-state index < -0.39 is 11.7 Å². The lowest BCUT2D eigenvalue weighted by Crippen LogP contribution is -2.05. The van der Waals surface area contributed by atoms with Gasteiger partial charge >= 0.3 is 6.18 Å². The first-order valence-electron chi connectivity index (χ1n) is 3.51. The van der Waals surface area contributed by atoms with Gasteiger partial charge in [-0.05, 0) is 6.07 Å². The second-order valence-electron chi connectivity index (χ2n) is 2.56. The molecule has 0 aliphatic rings. The van der Waals surface area contributed by atoms with Gasteiger partial charge in [-0.15, -0.1) is 0 Å². The number of aromatic nitrogens is 2. The summed E-state index contributed by atoms with van der Waals surface area (Å²) in [4.78, 5) is 0. The van der Waals surface area contributed by atoms with Gasteiger partial charge in [0, 0.05) is 5.39 Å². The number of nitrogens with zero attached hydrogens (tertiary/aromatic N) is 1. The molecule has 2 aromatic rings. The molecule has 67 valence electrons. The zero-order valence-electron chi connectivity index (χ0n) is 6.31. The summed E-state index contributed by atoms with van der Waals surface area (Å²) in [5.74, 6) is 0. The van der Waals surface area contributed by atoms with E-state index in [0.29, 0.717) is 5.39 Å². The molecule has 0 spiro atoms. The van der Waals surface area contributed by atoms with Crippen LogP contribution in [-0.2, 0) is 6.18 Å². The molecule has 0 bridgehead atoms. The van der Waals surface area contributed by atoms with Gasteiger partial charge in [-0.1, -0.05) is 12.1 Å². The third-order valence-electron chi connectivity index (χ3n) is 1.71. The number of H-pyrrole nitrogens is 1. The van der Waals surface area contributed by atoms with Gasteiger partial charge in [-0.3, -0.25) is 5.10 Å². The Hall–Kier alpha value is -1.52. The molecule has 0 saturated heterocycles. The summed E-state index contributed by atoms with van der Waals surface area (Å²) in [6, 6.07) is 3.86. The molecule has 1 aromatic heterocycles. The molecule has 1 aromatic carbocycles. The molecule has 1 heterocycles. The molecule has 0 unspecified atom stereocenters. The summed E-state index contributed by atoms with van der Waals surface area (Å²) in [6.45, 7) is 0. The maximum absolute atomic E-state index is 12.3. The predicted molar refractivity (Wildman–Crippen MR) is 39.9 cm³/mol. The molecule has 0 atom stereocenters. The monoisotopic (exact) mass is 185 g/mol. The van der Waals surface area contributed by atoms with Crippen LogP contribution >= 0.6 is 0 Å². The molecular weight excluding hydrogens is 181 g/mol. The van der Waals surface area contributed by atoms with Crippen molar-refractivity contribution in [2.45, 2.75) is 6.18 Å². The van der Waals surface area contributed by atoms with Gasteiger partial charge in [0.1, 0.15) is 6.20 Å². The normalized spacial score (nSPS) is 12.2. The number of aromatic amines is 1. The zero-order valence-corrected chi connectivity index (χ0v) is 6.31. The van der Waals surface area contributed by atoms with E-state index in [1.165, 1.54) is 12.1 Å². The highest BCUT2D eigenvalue weighted by atomic mass is 19.4. The van der Waals surface area contributed by atoms with Crippen LogP contribution in [0.4, 0.5) is 13.2 Å². The van der Waals surface area contributed by atoms with E-state index in [1.807, 2.05) is 0 Å². The number of hydrogen-bond acceptors (Lipinski definition) is 1. The SMILES string of the molecule is FC(F)(F)c1cccc2[c]n[nH]c12. The molecule has 0 fully saturated rings. The molecule has 0 aliphatic carbocycles. The number of fused-ring (bicyclic) bond motifs is 1. The molecule has 0 saturated carbocycles. The number of para-hydroxylation sites is 1. The molecular formula is C8H4F3N2. The minimum Gasteiger partial charge on any atom is -0.277 e. The van der Waals surface area contributed by atoms with E-state index in [2.05, 4.69) is 16.4 Å². The van der Waals surface area contributed by atoms with Gasteiger partial charge in [-0.25, -0.2) is 0 Å². The topological polar surface area (TPSA) is 28.7 Å². The Kier molecular flexibility index (Phi) is 1.55. The van der Waals surface area contributed by atoms with E-state index in [9.17, 15) is 13.2 Å². The highest BCUT2D eigenvalue weighted by Gasteiger charge is 2.32. The van der Waals surface area contributed by atoms with E-state index in [0.717, 1.165) is 6.07 Å². The number of halogens is 3. The summed E-state index contributed by atoms with van der Waals surface area (Å²) in [7, 11) is 0. The second kappa shape index (κ2) is 2.48. The highest BCUT2D eigenvalue weighted by Crippen LogP contribution is 2.33. The predicted octanol–water partition coefficient (Wildman–Crippen LogP) is 2.38. The van der Waals surface area contributed by atoms with Crippen LogP contribution in [0.2, 0.25) is 0 Å². The molecule has 0 amide bonds. The molecule has 1 radical (unpaired) electrons. The third kappa shape index (κ3) is 1.26. The number of rotatable bonds is 0. The average Bonchev–Trinajstić information content (AvgIpc) is 2.48. The van der Waals surface area contributed by atoms with Crippen LogP contribution in [0.3, 0.4) is 0 Å². The van der Waals surface area contributed by atoms with Crippen molar-refractivity contribution in [1.29, 1.82) is 0 Å².